The fourth-order valence-corrected chi connectivity index (χ4v) is 2.76. The molecular formula is C21H31N5O2. The van der Waals surface area contributed by atoms with Crippen molar-refractivity contribution in [2.75, 3.05) is 13.1 Å². The van der Waals surface area contributed by atoms with Crippen molar-refractivity contribution in [1.29, 1.82) is 0 Å². The van der Waals surface area contributed by atoms with E-state index < -0.39 is 5.60 Å². The summed E-state index contributed by atoms with van der Waals surface area (Å²) in [4.78, 5) is 16.6. The van der Waals surface area contributed by atoms with E-state index in [2.05, 4.69) is 20.7 Å². The van der Waals surface area contributed by atoms with E-state index in [1.165, 1.54) is 0 Å². The van der Waals surface area contributed by atoms with Gasteiger partial charge in [-0.1, -0.05) is 18.2 Å². The number of aromatic nitrogens is 2. The molecule has 2 aromatic rings. The Morgan fingerprint density at radius 1 is 1.21 bits per heavy atom. The summed E-state index contributed by atoms with van der Waals surface area (Å²) in [7, 11) is 0. The highest BCUT2D eigenvalue weighted by Crippen LogP contribution is 2.17. The number of carbonyl (C=O) groups is 1. The van der Waals surface area contributed by atoms with Crippen LogP contribution in [0, 0.1) is 13.8 Å². The van der Waals surface area contributed by atoms with Gasteiger partial charge < -0.3 is 15.4 Å². The monoisotopic (exact) mass is 385 g/mol. The van der Waals surface area contributed by atoms with Crippen molar-refractivity contribution in [2.45, 2.75) is 53.7 Å². The molecule has 2 N–H and O–H groups in total. The van der Waals surface area contributed by atoms with Gasteiger partial charge in [0.05, 0.1) is 17.9 Å². The highest BCUT2D eigenvalue weighted by Gasteiger charge is 2.16. The summed E-state index contributed by atoms with van der Waals surface area (Å²) in [5.41, 5.74) is 3.59. The number of ether oxygens (including phenoxy) is 1. The summed E-state index contributed by atoms with van der Waals surface area (Å²) in [6.45, 7) is 12.7. The van der Waals surface area contributed by atoms with E-state index in [1.807, 2.05) is 76.6 Å². The molecule has 1 aromatic heterocycles. The summed E-state index contributed by atoms with van der Waals surface area (Å²) in [6, 6.07) is 10.1. The zero-order chi connectivity index (χ0) is 20.7. The van der Waals surface area contributed by atoms with Crippen molar-refractivity contribution in [1.82, 2.24) is 20.4 Å². The van der Waals surface area contributed by atoms with Gasteiger partial charge in [-0.05, 0) is 59.2 Å². The fourth-order valence-electron chi connectivity index (χ4n) is 2.76. The first-order valence-corrected chi connectivity index (χ1v) is 9.55. The van der Waals surface area contributed by atoms with E-state index in [1.54, 1.807) is 0 Å². The van der Waals surface area contributed by atoms with Crippen molar-refractivity contribution in [3.05, 3.63) is 47.3 Å². The molecule has 7 nitrogen and oxygen atoms in total. The molecule has 0 atom stereocenters. The molecule has 7 heteroatoms. The largest absolute Gasteiger partial charge is 0.459 e. The molecule has 0 saturated carbocycles. The van der Waals surface area contributed by atoms with E-state index >= 15 is 0 Å². The third-order valence-corrected chi connectivity index (χ3v) is 3.80. The summed E-state index contributed by atoms with van der Waals surface area (Å²) in [5, 5.41) is 10.8. The molecule has 0 amide bonds. The van der Waals surface area contributed by atoms with Crippen LogP contribution >= 0.6 is 0 Å². The van der Waals surface area contributed by atoms with Crippen LogP contribution in [-0.2, 0) is 16.1 Å². The lowest BCUT2D eigenvalue weighted by atomic mass is 10.2. The van der Waals surface area contributed by atoms with Gasteiger partial charge in [0, 0.05) is 12.2 Å². The topological polar surface area (TPSA) is 80.5 Å². The number of rotatable bonds is 6. The molecule has 152 valence electrons. The number of hydrogen-bond donors (Lipinski definition) is 2. The fraction of sp³-hybridized carbons (Fsp3) is 0.476. The second kappa shape index (κ2) is 9.39. The van der Waals surface area contributed by atoms with Crippen LogP contribution in [0.3, 0.4) is 0 Å². The maximum absolute atomic E-state index is 11.9. The lowest BCUT2D eigenvalue weighted by molar-refractivity contribution is -0.153. The number of aliphatic imine (C=N–C) groups is 1. The van der Waals surface area contributed by atoms with E-state index in [-0.39, 0.29) is 12.5 Å². The maximum Gasteiger partial charge on any atom is 0.325 e. The number of hydrogen-bond acceptors (Lipinski definition) is 4. The van der Waals surface area contributed by atoms with Crippen molar-refractivity contribution in [3.8, 4) is 5.69 Å². The number of guanidine groups is 1. The first kappa shape index (κ1) is 21.5. The maximum atomic E-state index is 11.9. The third kappa shape index (κ3) is 6.40. The van der Waals surface area contributed by atoms with Crippen molar-refractivity contribution in [3.63, 3.8) is 0 Å². The highest BCUT2D eigenvalue weighted by molar-refractivity contribution is 5.84. The van der Waals surface area contributed by atoms with Crippen LogP contribution in [0.25, 0.3) is 5.69 Å². The molecule has 0 aliphatic rings. The Balaban J connectivity index is 2.13. The average molecular weight is 386 g/mol. The zero-order valence-corrected chi connectivity index (χ0v) is 17.7. The molecule has 0 bridgehead atoms. The van der Waals surface area contributed by atoms with E-state index in [9.17, 15) is 4.79 Å². The molecule has 0 unspecified atom stereocenters. The van der Waals surface area contributed by atoms with Gasteiger partial charge in [0.1, 0.15) is 12.1 Å². The Bertz CT molecular complexity index is 834. The molecule has 1 heterocycles. The standard InChI is InChI=1S/C21H31N5O2/c1-7-22-20(24-14-19(27)28-21(4,5)6)23-13-17-10-8-9-11-18(17)26-16(3)12-15(2)25-26/h8-12H,7,13-14H2,1-6H3,(H2,22,23,24). The number of esters is 1. The Morgan fingerprint density at radius 2 is 1.93 bits per heavy atom. The van der Waals surface area contributed by atoms with Gasteiger partial charge in [-0.3, -0.25) is 4.79 Å². The molecule has 0 saturated heterocycles. The minimum Gasteiger partial charge on any atom is -0.459 e. The Morgan fingerprint density at radius 3 is 2.54 bits per heavy atom. The Hall–Kier alpha value is -2.83. The first-order valence-electron chi connectivity index (χ1n) is 9.55. The molecule has 0 spiro atoms. The SMILES string of the molecule is CCNC(=NCc1ccccc1-n1nc(C)cc1C)NCC(=O)OC(C)(C)C. The zero-order valence-electron chi connectivity index (χ0n) is 17.7. The quantitative estimate of drug-likeness (QED) is 0.454. The van der Waals surface area contributed by atoms with Crippen LogP contribution in [-0.4, -0.2) is 40.4 Å². The number of benzene rings is 1. The average Bonchev–Trinajstić information content (AvgIpc) is 2.94. The lowest BCUT2D eigenvalue weighted by Gasteiger charge is -2.20. The predicted molar refractivity (Wildman–Crippen MR) is 112 cm³/mol. The van der Waals surface area contributed by atoms with Crippen molar-refractivity contribution < 1.29 is 9.53 Å². The summed E-state index contributed by atoms with van der Waals surface area (Å²) < 4.78 is 7.26. The molecule has 0 aliphatic carbocycles. The van der Waals surface area contributed by atoms with Crippen LogP contribution in [0.15, 0.2) is 35.3 Å². The van der Waals surface area contributed by atoms with Gasteiger partial charge in [0.15, 0.2) is 5.96 Å². The van der Waals surface area contributed by atoms with Crippen LogP contribution in [0.1, 0.15) is 44.6 Å². The van der Waals surface area contributed by atoms with Crippen molar-refractivity contribution in [2.24, 2.45) is 4.99 Å². The van der Waals surface area contributed by atoms with Gasteiger partial charge in [-0.2, -0.15) is 5.10 Å². The Kier molecular flexibility index (Phi) is 7.20. The van der Waals surface area contributed by atoms with Crippen molar-refractivity contribution >= 4 is 11.9 Å². The smallest absolute Gasteiger partial charge is 0.325 e. The van der Waals surface area contributed by atoms with Crippen LogP contribution in [0.5, 0.6) is 0 Å². The molecule has 0 fully saturated rings. The Labute approximate surface area is 167 Å². The number of nitrogens with zero attached hydrogens (tertiary/aromatic N) is 3. The second-order valence-electron chi connectivity index (χ2n) is 7.60. The normalized spacial score (nSPS) is 12.0. The van der Waals surface area contributed by atoms with E-state index in [4.69, 9.17) is 4.74 Å². The first-order chi connectivity index (χ1) is 13.2. The number of para-hydroxylation sites is 1. The van der Waals surface area contributed by atoms with Gasteiger partial charge in [-0.25, -0.2) is 9.67 Å². The van der Waals surface area contributed by atoms with Gasteiger partial charge in [0.2, 0.25) is 0 Å². The van der Waals surface area contributed by atoms with Gasteiger partial charge in [0.25, 0.3) is 0 Å². The van der Waals surface area contributed by atoms with E-state index in [0.29, 0.717) is 19.0 Å². The molecule has 0 aliphatic heterocycles. The van der Waals surface area contributed by atoms with E-state index in [0.717, 1.165) is 22.6 Å². The van der Waals surface area contributed by atoms with Crippen LogP contribution < -0.4 is 10.6 Å². The number of nitrogens with one attached hydrogen (secondary N) is 2. The lowest BCUT2D eigenvalue weighted by Crippen LogP contribution is -2.41. The predicted octanol–water partition coefficient (Wildman–Crippen LogP) is 2.89. The summed E-state index contributed by atoms with van der Waals surface area (Å²) >= 11 is 0. The minimum absolute atomic E-state index is 0.0577. The number of carbonyl (C=O) groups excluding carboxylic acids is 1. The molecule has 2 rings (SSSR count). The summed E-state index contributed by atoms with van der Waals surface area (Å²) in [6.07, 6.45) is 0. The molecule has 28 heavy (non-hydrogen) atoms. The summed E-state index contributed by atoms with van der Waals surface area (Å²) in [5.74, 6) is 0.248. The minimum atomic E-state index is -0.507. The molecule has 1 aromatic carbocycles. The van der Waals surface area contributed by atoms with Gasteiger partial charge in [-0.15, -0.1) is 0 Å². The highest BCUT2D eigenvalue weighted by atomic mass is 16.6. The second-order valence-corrected chi connectivity index (χ2v) is 7.60. The molecule has 0 radical (unpaired) electrons. The third-order valence-electron chi connectivity index (χ3n) is 3.80. The van der Waals surface area contributed by atoms with Gasteiger partial charge >= 0.3 is 5.97 Å². The van der Waals surface area contributed by atoms with Crippen LogP contribution in [0.4, 0.5) is 0 Å². The van der Waals surface area contributed by atoms with Crippen LogP contribution in [0.2, 0.25) is 0 Å². The molecular weight excluding hydrogens is 354 g/mol. The number of aryl methyl sites for hydroxylation is 2.